The molecular weight excluding hydrogens is 104 g/mol. The fourth-order valence-electron chi connectivity index (χ4n) is 0.522. The van der Waals surface area contributed by atoms with Crippen molar-refractivity contribution >= 4 is 0 Å². The zero-order chi connectivity index (χ0) is 5.98. The first-order chi connectivity index (χ1) is 3.79. The van der Waals surface area contributed by atoms with E-state index in [1.807, 2.05) is 13.0 Å². The molecule has 1 atom stereocenters. The van der Waals surface area contributed by atoms with Crippen LogP contribution in [0.2, 0.25) is 0 Å². The lowest BCUT2D eigenvalue weighted by molar-refractivity contribution is 0.176. The lowest BCUT2D eigenvalue weighted by Crippen LogP contribution is -2.02. The molecule has 0 spiro atoms. The Labute approximate surface area is 47.7 Å². The summed E-state index contributed by atoms with van der Waals surface area (Å²) in [5.41, 5.74) is 0.885. The van der Waals surface area contributed by atoms with Crippen molar-refractivity contribution in [2.24, 2.45) is 10.2 Å². The second kappa shape index (κ2) is 2.05. The summed E-state index contributed by atoms with van der Waals surface area (Å²) in [5, 5.41) is 15.9. The van der Waals surface area contributed by atoms with Crippen molar-refractivity contribution < 1.29 is 5.11 Å². The van der Waals surface area contributed by atoms with Crippen LogP contribution >= 0.6 is 0 Å². The number of hydrogen-bond donors (Lipinski definition) is 1. The Kier molecular flexibility index (Phi) is 1.39. The van der Waals surface area contributed by atoms with Gasteiger partial charge in [0.2, 0.25) is 0 Å². The van der Waals surface area contributed by atoms with Crippen LogP contribution in [0.3, 0.4) is 0 Å². The van der Waals surface area contributed by atoms with E-state index in [0.717, 1.165) is 5.70 Å². The molecule has 0 bridgehead atoms. The van der Waals surface area contributed by atoms with Crippen molar-refractivity contribution in [2.45, 2.75) is 19.6 Å². The zero-order valence-corrected chi connectivity index (χ0v) is 4.70. The normalized spacial score (nSPS) is 27.8. The number of aliphatic hydroxyl groups excluding tert-OH is 1. The van der Waals surface area contributed by atoms with E-state index >= 15 is 0 Å². The minimum atomic E-state index is -0.598. The minimum absolute atomic E-state index is 0.598. The zero-order valence-electron chi connectivity index (χ0n) is 4.70. The highest BCUT2D eigenvalue weighted by Crippen LogP contribution is 2.08. The number of rotatable bonds is 0. The monoisotopic (exact) mass is 112 g/mol. The van der Waals surface area contributed by atoms with Crippen molar-refractivity contribution in [1.82, 2.24) is 0 Å². The molecule has 0 amide bonds. The molecule has 0 radical (unpaired) electrons. The van der Waals surface area contributed by atoms with E-state index in [-0.39, 0.29) is 0 Å². The third kappa shape index (κ3) is 1.13. The van der Waals surface area contributed by atoms with Crippen molar-refractivity contribution in [2.75, 3.05) is 0 Å². The van der Waals surface area contributed by atoms with E-state index in [1.54, 1.807) is 0 Å². The Bertz CT molecular complexity index is 139. The number of hydrogen-bond acceptors (Lipinski definition) is 3. The fourth-order valence-corrected chi connectivity index (χ4v) is 0.522. The maximum absolute atomic E-state index is 8.72. The molecule has 1 heterocycles. The van der Waals surface area contributed by atoms with Crippen molar-refractivity contribution in [3.05, 3.63) is 11.8 Å². The Morgan fingerprint density at radius 1 is 1.88 bits per heavy atom. The number of aliphatic hydroxyl groups is 1. The van der Waals surface area contributed by atoms with Gasteiger partial charge in [-0.05, 0) is 6.92 Å². The SMILES string of the molecule is CC1=CCC(O)N=N1. The van der Waals surface area contributed by atoms with Gasteiger partial charge in [-0.15, -0.1) is 0 Å². The molecule has 1 aliphatic heterocycles. The highest BCUT2D eigenvalue weighted by atomic mass is 16.3. The van der Waals surface area contributed by atoms with Gasteiger partial charge < -0.3 is 5.11 Å². The third-order valence-electron chi connectivity index (χ3n) is 0.973. The van der Waals surface area contributed by atoms with Gasteiger partial charge in [0.1, 0.15) is 0 Å². The second-order valence-electron chi connectivity index (χ2n) is 1.78. The summed E-state index contributed by atoms with van der Waals surface area (Å²) < 4.78 is 0. The molecule has 3 heteroatoms. The maximum Gasteiger partial charge on any atom is 0.169 e. The first-order valence-electron chi connectivity index (χ1n) is 2.55. The van der Waals surface area contributed by atoms with Crippen LogP contribution in [0.4, 0.5) is 0 Å². The van der Waals surface area contributed by atoms with E-state index in [9.17, 15) is 0 Å². The molecule has 1 unspecified atom stereocenters. The van der Waals surface area contributed by atoms with Crippen LogP contribution in [-0.2, 0) is 0 Å². The highest BCUT2D eigenvalue weighted by molar-refractivity contribution is 4.97. The summed E-state index contributed by atoms with van der Waals surface area (Å²) in [6, 6.07) is 0. The van der Waals surface area contributed by atoms with Crippen LogP contribution in [-0.4, -0.2) is 11.3 Å². The third-order valence-corrected chi connectivity index (χ3v) is 0.973. The summed E-state index contributed by atoms with van der Waals surface area (Å²) in [6.45, 7) is 1.86. The Morgan fingerprint density at radius 2 is 2.62 bits per heavy atom. The van der Waals surface area contributed by atoms with Gasteiger partial charge in [0, 0.05) is 6.42 Å². The van der Waals surface area contributed by atoms with Crippen LogP contribution < -0.4 is 0 Å². The molecule has 1 N–H and O–H groups in total. The van der Waals surface area contributed by atoms with Gasteiger partial charge in [-0.2, -0.15) is 10.2 Å². The van der Waals surface area contributed by atoms with Crippen molar-refractivity contribution in [1.29, 1.82) is 0 Å². The van der Waals surface area contributed by atoms with Gasteiger partial charge in [-0.3, -0.25) is 0 Å². The molecule has 8 heavy (non-hydrogen) atoms. The lowest BCUT2D eigenvalue weighted by Gasteiger charge is -2.03. The van der Waals surface area contributed by atoms with Gasteiger partial charge in [0.15, 0.2) is 6.23 Å². The first-order valence-corrected chi connectivity index (χ1v) is 2.55. The molecule has 0 saturated heterocycles. The number of nitrogens with zero attached hydrogens (tertiary/aromatic N) is 2. The molecule has 0 aromatic rings. The van der Waals surface area contributed by atoms with E-state index in [0.29, 0.717) is 6.42 Å². The predicted molar refractivity (Wildman–Crippen MR) is 29.2 cm³/mol. The molecule has 1 aliphatic rings. The van der Waals surface area contributed by atoms with Gasteiger partial charge >= 0.3 is 0 Å². The van der Waals surface area contributed by atoms with Crippen LogP contribution in [0.1, 0.15) is 13.3 Å². The van der Waals surface area contributed by atoms with Crippen LogP contribution in [0, 0.1) is 0 Å². The highest BCUT2D eigenvalue weighted by Gasteiger charge is 2.02. The Balaban J connectivity index is 2.58. The Morgan fingerprint density at radius 3 is 3.00 bits per heavy atom. The average molecular weight is 112 g/mol. The van der Waals surface area contributed by atoms with Gasteiger partial charge in [-0.25, -0.2) is 0 Å². The van der Waals surface area contributed by atoms with Crippen molar-refractivity contribution in [3.63, 3.8) is 0 Å². The van der Waals surface area contributed by atoms with Crippen LogP contribution in [0.25, 0.3) is 0 Å². The summed E-state index contributed by atoms with van der Waals surface area (Å²) in [6.07, 6.45) is 1.87. The number of allylic oxidation sites excluding steroid dienone is 1. The standard InChI is InChI=1S/C5H8N2O/c1-4-2-3-5(8)7-6-4/h2,5,8H,3H2,1H3. The van der Waals surface area contributed by atoms with Gasteiger partial charge in [0.05, 0.1) is 5.70 Å². The molecular formula is C5H8N2O. The fraction of sp³-hybridized carbons (Fsp3) is 0.600. The predicted octanol–water partition coefficient (Wildman–Crippen LogP) is 1.06. The maximum atomic E-state index is 8.72. The Hall–Kier alpha value is -0.700. The van der Waals surface area contributed by atoms with E-state index in [4.69, 9.17) is 5.11 Å². The summed E-state index contributed by atoms with van der Waals surface area (Å²) in [4.78, 5) is 0. The summed E-state index contributed by atoms with van der Waals surface area (Å²) in [5.74, 6) is 0. The molecule has 0 saturated carbocycles. The molecule has 0 aliphatic carbocycles. The molecule has 1 rings (SSSR count). The average Bonchev–Trinajstić information content (AvgIpc) is 1.77. The smallest absolute Gasteiger partial charge is 0.169 e. The van der Waals surface area contributed by atoms with Gasteiger partial charge in [-0.1, -0.05) is 6.08 Å². The summed E-state index contributed by atoms with van der Waals surface area (Å²) >= 11 is 0. The number of azo groups is 1. The minimum Gasteiger partial charge on any atom is -0.370 e. The molecule has 0 aromatic carbocycles. The van der Waals surface area contributed by atoms with E-state index in [2.05, 4.69) is 10.2 Å². The quantitative estimate of drug-likeness (QED) is 0.500. The molecule has 3 nitrogen and oxygen atoms in total. The van der Waals surface area contributed by atoms with Gasteiger partial charge in [0.25, 0.3) is 0 Å². The summed E-state index contributed by atoms with van der Waals surface area (Å²) in [7, 11) is 0. The van der Waals surface area contributed by atoms with Crippen LogP contribution in [0.5, 0.6) is 0 Å². The second-order valence-corrected chi connectivity index (χ2v) is 1.78. The molecule has 0 aromatic heterocycles. The largest absolute Gasteiger partial charge is 0.370 e. The van der Waals surface area contributed by atoms with E-state index < -0.39 is 6.23 Å². The van der Waals surface area contributed by atoms with Crippen LogP contribution in [0.15, 0.2) is 22.0 Å². The topological polar surface area (TPSA) is 45.0 Å². The lowest BCUT2D eigenvalue weighted by atomic mass is 10.3. The first kappa shape index (κ1) is 5.44. The molecule has 0 fully saturated rings. The van der Waals surface area contributed by atoms with E-state index in [1.165, 1.54) is 0 Å². The molecule has 44 valence electrons. The van der Waals surface area contributed by atoms with Crippen molar-refractivity contribution in [3.8, 4) is 0 Å².